The molecule has 0 unspecified atom stereocenters. The van der Waals surface area contributed by atoms with E-state index in [4.69, 9.17) is 14.5 Å². The van der Waals surface area contributed by atoms with Crippen LogP contribution in [0.4, 0.5) is 0 Å². The van der Waals surface area contributed by atoms with E-state index in [1.807, 2.05) is 55.5 Å². The lowest BCUT2D eigenvalue weighted by atomic mass is 10.2. The second-order valence-corrected chi connectivity index (χ2v) is 9.60. The molecule has 0 amide bonds. The van der Waals surface area contributed by atoms with Crippen LogP contribution in [0.1, 0.15) is 34.6 Å². The summed E-state index contributed by atoms with van der Waals surface area (Å²) in [5, 5.41) is 0.799. The van der Waals surface area contributed by atoms with Gasteiger partial charge in [0.1, 0.15) is 5.75 Å². The fourth-order valence-electron chi connectivity index (χ4n) is 4.65. The number of nitrogens with zero attached hydrogens (tertiary/aromatic N) is 3. The number of carbonyl (C=O) groups excluding carboxylic acids is 1. The molecular formula is C27H29N3O3S. The predicted molar refractivity (Wildman–Crippen MR) is 136 cm³/mol. The van der Waals surface area contributed by atoms with Gasteiger partial charge in [-0.3, -0.25) is 9.36 Å². The summed E-state index contributed by atoms with van der Waals surface area (Å²) in [6, 6.07) is 18.0. The number of aromatic nitrogens is 3. The van der Waals surface area contributed by atoms with Crippen molar-refractivity contribution in [1.29, 1.82) is 0 Å². The number of hydrogen-bond acceptors (Lipinski definition) is 5. The standard InChI is InChI=1S/C27H29N3O3S/c1-18-15-23(19(2)29(18)16-22-7-6-14-33-22)26(31)17-34-27-28-24-8-4-5-9-25(24)30(27)20-10-12-21(32-3)13-11-20/h4-5,8-13,15,22H,6-7,14,16-17H2,1-3H3/t22-/m1/s1. The molecule has 0 radical (unpaired) electrons. The molecule has 2 aromatic heterocycles. The average Bonchev–Trinajstić information content (AvgIpc) is 3.57. The van der Waals surface area contributed by atoms with E-state index in [0.29, 0.717) is 5.75 Å². The summed E-state index contributed by atoms with van der Waals surface area (Å²) in [6.07, 6.45) is 2.44. The Kier molecular flexibility index (Phi) is 6.48. The van der Waals surface area contributed by atoms with Crippen LogP contribution in [0, 0.1) is 13.8 Å². The number of para-hydroxylation sites is 2. The first-order valence-electron chi connectivity index (χ1n) is 11.6. The number of aryl methyl sites for hydroxylation is 1. The van der Waals surface area contributed by atoms with Gasteiger partial charge in [-0.1, -0.05) is 23.9 Å². The number of carbonyl (C=O) groups is 1. The summed E-state index contributed by atoms with van der Waals surface area (Å²) in [7, 11) is 1.66. The molecule has 1 aliphatic heterocycles. The highest BCUT2D eigenvalue weighted by molar-refractivity contribution is 7.99. The molecule has 1 fully saturated rings. The van der Waals surface area contributed by atoms with Gasteiger partial charge in [0.05, 0.1) is 30.0 Å². The molecule has 0 bridgehead atoms. The van der Waals surface area contributed by atoms with E-state index in [9.17, 15) is 4.79 Å². The SMILES string of the molecule is COc1ccc(-n2c(SCC(=O)c3cc(C)n(C[C@H]4CCCO4)c3C)nc3ccccc32)cc1. The highest BCUT2D eigenvalue weighted by Crippen LogP contribution is 2.30. The van der Waals surface area contributed by atoms with Gasteiger partial charge in [-0.2, -0.15) is 0 Å². The van der Waals surface area contributed by atoms with Crippen LogP contribution in [0.25, 0.3) is 16.7 Å². The molecule has 34 heavy (non-hydrogen) atoms. The summed E-state index contributed by atoms with van der Waals surface area (Å²) in [5.41, 5.74) is 5.81. The van der Waals surface area contributed by atoms with Crippen LogP contribution in [0.5, 0.6) is 5.75 Å². The quantitative estimate of drug-likeness (QED) is 0.245. The predicted octanol–water partition coefficient (Wildman–Crippen LogP) is 5.61. The van der Waals surface area contributed by atoms with Crippen molar-refractivity contribution in [1.82, 2.24) is 14.1 Å². The van der Waals surface area contributed by atoms with Crippen LogP contribution in [0.15, 0.2) is 59.8 Å². The Bertz CT molecular complexity index is 1320. The van der Waals surface area contributed by atoms with Gasteiger partial charge in [0, 0.05) is 35.8 Å². The second-order valence-electron chi connectivity index (χ2n) is 8.66. The normalized spacial score (nSPS) is 15.8. The van der Waals surface area contributed by atoms with Crippen molar-refractivity contribution in [2.24, 2.45) is 0 Å². The number of ketones is 1. The zero-order valence-electron chi connectivity index (χ0n) is 19.8. The van der Waals surface area contributed by atoms with Crippen molar-refractivity contribution in [3.8, 4) is 11.4 Å². The van der Waals surface area contributed by atoms with E-state index in [1.165, 1.54) is 11.8 Å². The molecule has 0 N–H and O–H groups in total. The highest BCUT2D eigenvalue weighted by atomic mass is 32.2. The Balaban J connectivity index is 1.39. The smallest absolute Gasteiger partial charge is 0.175 e. The van der Waals surface area contributed by atoms with E-state index in [1.54, 1.807) is 7.11 Å². The van der Waals surface area contributed by atoms with Crippen molar-refractivity contribution in [3.63, 3.8) is 0 Å². The Morgan fingerprint density at radius 2 is 1.97 bits per heavy atom. The first-order valence-corrected chi connectivity index (χ1v) is 12.6. The lowest BCUT2D eigenvalue weighted by molar-refractivity contribution is 0.0957. The van der Waals surface area contributed by atoms with Gasteiger partial charge in [-0.05, 0) is 69.2 Å². The molecule has 176 valence electrons. The molecule has 1 saturated heterocycles. The molecular weight excluding hydrogens is 446 g/mol. The Labute approximate surface area is 203 Å². The van der Waals surface area contributed by atoms with E-state index < -0.39 is 0 Å². The van der Waals surface area contributed by atoms with Crippen LogP contribution in [0.2, 0.25) is 0 Å². The van der Waals surface area contributed by atoms with Gasteiger partial charge >= 0.3 is 0 Å². The number of methoxy groups -OCH3 is 1. The van der Waals surface area contributed by atoms with Gasteiger partial charge in [-0.15, -0.1) is 0 Å². The van der Waals surface area contributed by atoms with Gasteiger partial charge in [0.25, 0.3) is 0 Å². The maximum absolute atomic E-state index is 13.3. The lowest BCUT2D eigenvalue weighted by Crippen LogP contribution is -2.17. The zero-order valence-corrected chi connectivity index (χ0v) is 20.6. The highest BCUT2D eigenvalue weighted by Gasteiger charge is 2.22. The number of thioether (sulfide) groups is 1. The maximum atomic E-state index is 13.3. The van der Waals surface area contributed by atoms with Crippen molar-refractivity contribution in [3.05, 3.63) is 71.5 Å². The fraction of sp³-hybridized carbons (Fsp3) is 0.333. The van der Waals surface area contributed by atoms with E-state index in [2.05, 4.69) is 22.1 Å². The van der Waals surface area contributed by atoms with Crippen molar-refractivity contribution in [2.45, 2.75) is 44.5 Å². The number of hydrogen-bond donors (Lipinski definition) is 0. The third-order valence-electron chi connectivity index (χ3n) is 6.48. The summed E-state index contributed by atoms with van der Waals surface area (Å²) in [4.78, 5) is 18.1. The molecule has 7 heteroatoms. The first kappa shape index (κ1) is 22.7. The average molecular weight is 476 g/mol. The minimum absolute atomic E-state index is 0.116. The molecule has 1 aliphatic rings. The summed E-state index contributed by atoms with van der Waals surface area (Å²) >= 11 is 1.47. The second kappa shape index (κ2) is 9.68. The fourth-order valence-corrected chi connectivity index (χ4v) is 5.56. The van der Waals surface area contributed by atoms with Crippen molar-refractivity contribution >= 4 is 28.6 Å². The molecule has 2 aromatic carbocycles. The van der Waals surface area contributed by atoms with Crippen LogP contribution in [0.3, 0.4) is 0 Å². The largest absolute Gasteiger partial charge is 0.497 e. The van der Waals surface area contributed by atoms with E-state index in [0.717, 1.165) is 70.6 Å². The molecule has 4 aromatic rings. The summed E-state index contributed by atoms with van der Waals surface area (Å²) in [6.45, 7) is 5.74. The number of benzene rings is 2. The zero-order chi connectivity index (χ0) is 23.7. The van der Waals surface area contributed by atoms with Gasteiger partial charge in [-0.25, -0.2) is 4.98 Å². The monoisotopic (exact) mass is 475 g/mol. The van der Waals surface area contributed by atoms with Crippen molar-refractivity contribution in [2.75, 3.05) is 19.5 Å². The molecule has 6 nitrogen and oxygen atoms in total. The molecule has 3 heterocycles. The Morgan fingerprint density at radius 1 is 1.18 bits per heavy atom. The topological polar surface area (TPSA) is 58.3 Å². The lowest BCUT2D eigenvalue weighted by Gasteiger charge is -2.14. The minimum atomic E-state index is 0.116. The summed E-state index contributed by atoms with van der Waals surface area (Å²) in [5.74, 6) is 1.24. The third kappa shape index (κ3) is 4.38. The number of rotatable bonds is 8. The van der Waals surface area contributed by atoms with Crippen LogP contribution in [-0.4, -0.2) is 45.5 Å². The summed E-state index contributed by atoms with van der Waals surface area (Å²) < 4.78 is 15.5. The minimum Gasteiger partial charge on any atom is -0.497 e. The van der Waals surface area contributed by atoms with E-state index >= 15 is 0 Å². The van der Waals surface area contributed by atoms with Gasteiger partial charge < -0.3 is 14.0 Å². The maximum Gasteiger partial charge on any atom is 0.175 e. The molecule has 1 atom stereocenters. The van der Waals surface area contributed by atoms with E-state index in [-0.39, 0.29) is 11.9 Å². The van der Waals surface area contributed by atoms with Crippen LogP contribution >= 0.6 is 11.8 Å². The molecule has 0 spiro atoms. The number of ether oxygens (including phenoxy) is 2. The van der Waals surface area contributed by atoms with Crippen molar-refractivity contribution < 1.29 is 14.3 Å². The molecule has 5 rings (SSSR count). The molecule has 0 aliphatic carbocycles. The number of fused-ring (bicyclic) bond motifs is 1. The molecule has 0 saturated carbocycles. The number of imidazole rings is 1. The van der Waals surface area contributed by atoms with Crippen LogP contribution in [-0.2, 0) is 11.3 Å². The van der Waals surface area contributed by atoms with Crippen LogP contribution < -0.4 is 4.74 Å². The van der Waals surface area contributed by atoms with Gasteiger partial charge in [0.15, 0.2) is 10.9 Å². The first-order chi connectivity index (χ1) is 16.5. The number of Topliss-reactive ketones (excluding diaryl/α,β-unsaturated/α-hetero) is 1. The Hall–Kier alpha value is -3.03. The Morgan fingerprint density at radius 3 is 2.71 bits per heavy atom. The third-order valence-corrected chi connectivity index (χ3v) is 7.42. The van der Waals surface area contributed by atoms with Gasteiger partial charge in [0.2, 0.25) is 0 Å².